The maximum absolute atomic E-state index is 8.21. The fourth-order valence-electron chi connectivity index (χ4n) is 0.719. The van der Waals surface area contributed by atoms with Crippen molar-refractivity contribution in [3.05, 3.63) is 34.9 Å². The van der Waals surface area contributed by atoms with E-state index in [0.717, 1.165) is 5.56 Å². The molecule has 0 aliphatic rings. The van der Waals surface area contributed by atoms with Gasteiger partial charge in [0.2, 0.25) is 0 Å². The molecule has 12 heavy (non-hydrogen) atoms. The molecule has 0 N–H and O–H groups in total. The van der Waals surface area contributed by atoms with Crippen molar-refractivity contribution >= 4 is 11.6 Å². The molecule has 0 spiro atoms. The number of nitriles is 1. The van der Waals surface area contributed by atoms with Crippen molar-refractivity contribution in [3.8, 4) is 17.9 Å². The second kappa shape index (κ2) is 4.44. The van der Waals surface area contributed by atoms with Gasteiger partial charge in [0.15, 0.2) is 0 Å². The third-order valence-electron chi connectivity index (χ3n) is 1.24. The minimum Gasteiger partial charge on any atom is -0.197 e. The van der Waals surface area contributed by atoms with Gasteiger partial charge in [-0.1, -0.05) is 23.4 Å². The Hall–Kier alpha value is -1.44. The first-order valence-electron chi connectivity index (χ1n) is 3.44. The summed E-state index contributed by atoms with van der Waals surface area (Å²) >= 11 is 5.67. The van der Waals surface area contributed by atoms with E-state index in [0.29, 0.717) is 5.02 Å². The average molecular weight is 176 g/mol. The summed E-state index contributed by atoms with van der Waals surface area (Å²) in [4.78, 5) is 0. The quantitative estimate of drug-likeness (QED) is 0.556. The van der Waals surface area contributed by atoms with Crippen molar-refractivity contribution in [2.75, 3.05) is 0 Å². The molecule has 0 fully saturated rings. The van der Waals surface area contributed by atoms with Crippen molar-refractivity contribution in [1.82, 2.24) is 0 Å². The van der Waals surface area contributed by atoms with Crippen molar-refractivity contribution in [3.63, 3.8) is 0 Å². The Morgan fingerprint density at radius 2 is 1.92 bits per heavy atom. The van der Waals surface area contributed by atoms with E-state index in [4.69, 9.17) is 16.9 Å². The lowest BCUT2D eigenvalue weighted by atomic mass is 10.2. The number of hydrogen-bond acceptors (Lipinski definition) is 1. The highest BCUT2D eigenvalue weighted by Crippen LogP contribution is 2.08. The lowest BCUT2D eigenvalue weighted by molar-refractivity contribution is 1.39. The summed E-state index contributed by atoms with van der Waals surface area (Å²) in [7, 11) is 0. The monoisotopic (exact) mass is 175 g/mol. The topological polar surface area (TPSA) is 23.8 Å². The van der Waals surface area contributed by atoms with Gasteiger partial charge in [0.05, 0.1) is 12.5 Å². The van der Waals surface area contributed by atoms with E-state index in [1.54, 1.807) is 12.1 Å². The van der Waals surface area contributed by atoms with E-state index < -0.39 is 0 Å². The predicted molar refractivity (Wildman–Crippen MR) is 48.6 cm³/mol. The fraction of sp³-hybridized carbons (Fsp3) is 0.100. The smallest absolute Gasteiger partial charge is 0.0966 e. The molecule has 1 aromatic rings. The van der Waals surface area contributed by atoms with Crippen LogP contribution in [0.25, 0.3) is 0 Å². The van der Waals surface area contributed by atoms with Crippen LogP contribution in [0.4, 0.5) is 0 Å². The molecule has 1 aromatic carbocycles. The Labute approximate surface area is 76.6 Å². The summed E-state index contributed by atoms with van der Waals surface area (Å²) in [5, 5.41) is 8.91. The summed E-state index contributed by atoms with van der Waals surface area (Å²) in [6.45, 7) is 0. The zero-order valence-corrected chi connectivity index (χ0v) is 7.10. The van der Waals surface area contributed by atoms with E-state index in [9.17, 15) is 0 Å². The molecule has 0 aliphatic heterocycles. The predicted octanol–water partition coefficient (Wildman–Crippen LogP) is 2.61. The van der Waals surface area contributed by atoms with Crippen LogP contribution in [0.1, 0.15) is 12.0 Å². The highest BCUT2D eigenvalue weighted by Gasteiger charge is 1.85. The van der Waals surface area contributed by atoms with Crippen LogP contribution in [-0.2, 0) is 0 Å². The Morgan fingerprint density at radius 3 is 2.50 bits per heavy atom. The minimum atomic E-state index is 0.266. The first-order chi connectivity index (χ1) is 5.83. The van der Waals surface area contributed by atoms with Crippen molar-refractivity contribution in [2.24, 2.45) is 0 Å². The summed E-state index contributed by atoms with van der Waals surface area (Å²) in [5.41, 5.74) is 0.884. The Morgan fingerprint density at radius 1 is 1.25 bits per heavy atom. The molecule has 0 heterocycles. The number of halogens is 1. The molecular weight excluding hydrogens is 170 g/mol. The molecular formula is C10H6ClN. The number of nitrogens with zero attached hydrogens (tertiary/aromatic N) is 1. The van der Waals surface area contributed by atoms with Gasteiger partial charge in [-0.2, -0.15) is 5.26 Å². The van der Waals surface area contributed by atoms with Crippen LogP contribution in [0.5, 0.6) is 0 Å². The molecule has 0 saturated carbocycles. The molecule has 0 bridgehead atoms. The zero-order chi connectivity index (χ0) is 8.81. The van der Waals surface area contributed by atoms with Gasteiger partial charge in [-0.25, -0.2) is 0 Å². The van der Waals surface area contributed by atoms with E-state index in [-0.39, 0.29) is 6.42 Å². The number of benzene rings is 1. The van der Waals surface area contributed by atoms with Crippen LogP contribution in [0.15, 0.2) is 24.3 Å². The molecule has 0 atom stereocenters. The molecule has 0 aliphatic carbocycles. The first-order valence-corrected chi connectivity index (χ1v) is 3.82. The lowest BCUT2D eigenvalue weighted by Gasteiger charge is -1.88. The van der Waals surface area contributed by atoms with Gasteiger partial charge in [-0.05, 0) is 24.3 Å². The molecule has 0 radical (unpaired) electrons. The Bertz CT molecular complexity index is 348. The zero-order valence-electron chi connectivity index (χ0n) is 6.34. The van der Waals surface area contributed by atoms with Crippen LogP contribution < -0.4 is 0 Å². The third-order valence-corrected chi connectivity index (χ3v) is 1.50. The first kappa shape index (κ1) is 8.65. The molecule has 0 amide bonds. The summed E-state index contributed by atoms with van der Waals surface area (Å²) < 4.78 is 0. The number of rotatable bonds is 0. The fourth-order valence-corrected chi connectivity index (χ4v) is 0.845. The van der Waals surface area contributed by atoms with Crippen LogP contribution in [0.2, 0.25) is 5.02 Å². The van der Waals surface area contributed by atoms with E-state index in [2.05, 4.69) is 11.8 Å². The van der Waals surface area contributed by atoms with Gasteiger partial charge in [0, 0.05) is 10.6 Å². The standard InChI is InChI=1S/C10H6ClN/c11-10-6-4-9(5-7-10)3-1-2-8-12/h4-7H,2H2. The van der Waals surface area contributed by atoms with Gasteiger partial charge >= 0.3 is 0 Å². The second-order valence-corrected chi connectivity index (χ2v) is 2.58. The minimum absolute atomic E-state index is 0.266. The molecule has 1 rings (SSSR count). The molecule has 1 nitrogen and oxygen atoms in total. The molecule has 2 heteroatoms. The molecule has 58 valence electrons. The van der Waals surface area contributed by atoms with Crippen molar-refractivity contribution in [2.45, 2.75) is 6.42 Å². The SMILES string of the molecule is N#CCC#Cc1ccc(Cl)cc1. The van der Waals surface area contributed by atoms with Crippen molar-refractivity contribution < 1.29 is 0 Å². The number of hydrogen-bond donors (Lipinski definition) is 0. The van der Waals surface area contributed by atoms with E-state index >= 15 is 0 Å². The Balaban J connectivity index is 2.74. The third kappa shape index (κ3) is 2.66. The van der Waals surface area contributed by atoms with Gasteiger partial charge in [0.1, 0.15) is 0 Å². The van der Waals surface area contributed by atoms with Crippen LogP contribution >= 0.6 is 11.6 Å². The van der Waals surface area contributed by atoms with Crippen LogP contribution in [0.3, 0.4) is 0 Å². The van der Waals surface area contributed by atoms with Gasteiger partial charge in [-0.3, -0.25) is 0 Å². The van der Waals surface area contributed by atoms with Gasteiger partial charge in [-0.15, -0.1) is 0 Å². The average Bonchev–Trinajstić information content (AvgIpc) is 2.09. The maximum Gasteiger partial charge on any atom is 0.0966 e. The summed E-state index contributed by atoms with van der Waals surface area (Å²) in [6, 6.07) is 9.15. The largest absolute Gasteiger partial charge is 0.197 e. The highest BCUT2D eigenvalue weighted by atomic mass is 35.5. The normalized spacial score (nSPS) is 8.00. The molecule has 0 aromatic heterocycles. The van der Waals surface area contributed by atoms with Crippen LogP contribution in [0, 0.1) is 23.2 Å². The van der Waals surface area contributed by atoms with E-state index in [1.807, 2.05) is 18.2 Å². The summed E-state index contributed by atoms with van der Waals surface area (Å²) in [5.74, 6) is 5.56. The molecule has 0 unspecified atom stereocenters. The van der Waals surface area contributed by atoms with Crippen LogP contribution in [-0.4, -0.2) is 0 Å². The highest BCUT2D eigenvalue weighted by molar-refractivity contribution is 6.30. The van der Waals surface area contributed by atoms with Gasteiger partial charge in [0.25, 0.3) is 0 Å². The Kier molecular flexibility index (Phi) is 3.20. The lowest BCUT2D eigenvalue weighted by Crippen LogP contribution is -1.71. The molecule has 0 saturated heterocycles. The van der Waals surface area contributed by atoms with Crippen molar-refractivity contribution in [1.29, 1.82) is 5.26 Å². The second-order valence-electron chi connectivity index (χ2n) is 2.14. The summed E-state index contributed by atoms with van der Waals surface area (Å²) in [6.07, 6.45) is 0.266. The van der Waals surface area contributed by atoms with E-state index in [1.165, 1.54) is 0 Å². The van der Waals surface area contributed by atoms with Gasteiger partial charge < -0.3 is 0 Å². The maximum atomic E-state index is 8.21.